The fraction of sp³-hybridized carbons (Fsp3) is 0.722. The monoisotopic (exact) mass is 372 g/mol. The van der Waals surface area contributed by atoms with E-state index >= 15 is 0 Å². The van der Waals surface area contributed by atoms with E-state index in [1.807, 2.05) is 20.8 Å². The molecule has 0 aliphatic carbocycles. The second-order valence-corrected chi connectivity index (χ2v) is 7.44. The molecule has 0 aliphatic heterocycles. The van der Waals surface area contributed by atoms with Crippen molar-refractivity contribution in [1.29, 1.82) is 0 Å². The molecule has 0 radical (unpaired) electrons. The molecule has 0 heterocycles. The SMILES string of the molecule is C=C(C)C(=O)OCC(C)OC(=O)NCC(C)(C)CC(C)CCNC(=O)O. The third-order valence-electron chi connectivity index (χ3n) is 3.63. The Hall–Kier alpha value is -2.25. The standard InChI is InChI=1S/C18H32N2O6/c1-12(2)15(21)25-10-14(4)26-17(24)20-11-18(5,6)9-13(3)7-8-19-16(22)23/h13-14,19H,1,7-11H2,2-6H3,(H,20,24)(H,22,23). The van der Waals surface area contributed by atoms with Crippen LogP contribution >= 0.6 is 0 Å². The Morgan fingerprint density at radius 2 is 1.81 bits per heavy atom. The van der Waals surface area contributed by atoms with Crippen molar-refractivity contribution in [2.75, 3.05) is 19.7 Å². The third kappa shape index (κ3) is 12.2. The normalized spacial score (nSPS) is 13.3. The summed E-state index contributed by atoms with van der Waals surface area (Å²) in [4.78, 5) is 33.6. The number of hydrogen-bond donors (Lipinski definition) is 3. The first-order chi connectivity index (χ1) is 11.9. The highest BCUT2D eigenvalue weighted by atomic mass is 16.6. The quantitative estimate of drug-likeness (QED) is 0.379. The molecular formula is C18H32N2O6. The van der Waals surface area contributed by atoms with Gasteiger partial charge in [-0.25, -0.2) is 14.4 Å². The minimum absolute atomic E-state index is 0.0316. The molecule has 0 saturated carbocycles. The van der Waals surface area contributed by atoms with Crippen molar-refractivity contribution < 1.29 is 29.0 Å². The maximum Gasteiger partial charge on any atom is 0.407 e. The number of ether oxygens (including phenoxy) is 2. The highest BCUT2D eigenvalue weighted by Crippen LogP contribution is 2.26. The number of hydrogen-bond acceptors (Lipinski definition) is 5. The molecule has 26 heavy (non-hydrogen) atoms. The van der Waals surface area contributed by atoms with Gasteiger partial charge in [-0.2, -0.15) is 0 Å². The summed E-state index contributed by atoms with van der Waals surface area (Å²) in [5.41, 5.74) is 0.119. The summed E-state index contributed by atoms with van der Waals surface area (Å²) < 4.78 is 10.1. The van der Waals surface area contributed by atoms with Crippen molar-refractivity contribution in [1.82, 2.24) is 10.6 Å². The number of alkyl carbamates (subject to hydrolysis) is 1. The van der Waals surface area contributed by atoms with E-state index in [0.29, 0.717) is 19.0 Å². The van der Waals surface area contributed by atoms with Gasteiger partial charge >= 0.3 is 18.2 Å². The first kappa shape index (κ1) is 23.8. The molecule has 0 aliphatic rings. The van der Waals surface area contributed by atoms with Crippen LogP contribution in [-0.4, -0.2) is 49.1 Å². The molecule has 0 aromatic carbocycles. The summed E-state index contributed by atoms with van der Waals surface area (Å²) in [7, 11) is 0. The van der Waals surface area contributed by atoms with Crippen LogP contribution < -0.4 is 10.6 Å². The molecule has 0 aromatic heterocycles. The largest absolute Gasteiger partial charge is 0.465 e. The van der Waals surface area contributed by atoms with Crippen molar-refractivity contribution in [2.24, 2.45) is 11.3 Å². The molecule has 0 fully saturated rings. The molecule has 0 aromatic rings. The second kappa shape index (κ2) is 11.4. The van der Waals surface area contributed by atoms with E-state index in [2.05, 4.69) is 17.2 Å². The Morgan fingerprint density at radius 3 is 2.35 bits per heavy atom. The van der Waals surface area contributed by atoms with Gasteiger partial charge in [0.15, 0.2) is 0 Å². The average molecular weight is 372 g/mol. The zero-order valence-electron chi connectivity index (χ0n) is 16.4. The van der Waals surface area contributed by atoms with Gasteiger partial charge in [-0.05, 0) is 38.0 Å². The van der Waals surface area contributed by atoms with E-state index in [1.165, 1.54) is 0 Å². The Kier molecular flexibility index (Phi) is 10.4. The second-order valence-electron chi connectivity index (χ2n) is 7.44. The minimum Gasteiger partial charge on any atom is -0.465 e. The lowest BCUT2D eigenvalue weighted by Crippen LogP contribution is -2.37. The molecule has 0 saturated heterocycles. The van der Waals surface area contributed by atoms with Crippen LogP contribution in [0.4, 0.5) is 9.59 Å². The highest BCUT2D eigenvalue weighted by Gasteiger charge is 2.23. The van der Waals surface area contributed by atoms with Crippen LogP contribution in [0.5, 0.6) is 0 Å². The first-order valence-electron chi connectivity index (χ1n) is 8.67. The van der Waals surface area contributed by atoms with E-state index < -0.39 is 24.3 Å². The van der Waals surface area contributed by atoms with Gasteiger partial charge in [0.1, 0.15) is 12.7 Å². The Labute approximate surface area is 155 Å². The molecule has 0 spiro atoms. The van der Waals surface area contributed by atoms with Crippen LogP contribution in [0.3, 0.4) is 0 Å². The predicted molar refractivity (Wildman–Crippen MR) is 97.9 cm³/mol. The van der Waals surface area contributed by atoms with Crippen LogP contribution in [0.25, 0.3) is 0 Å². The van der Waals surface area contributed by atoms with Crippen molar-refractivity contribution in [3.05, 3.63) is 12.2 Å². The van der Waals surface area contributed by atoms with Gasteiger partial charge in [0, 0.05) is 18.7 Å². The van der Waals surface area contributed by atoms with E-state index in [-0.39, 0.29) is 17.6 Å². The number of carbonyl (C=O) groups is 3. The fourth-order valence-electron chi connectivity index (χ4n) is 2.43. The third-order valence-corrected chi connectivity index (χ3v) is 3.63. The highest BCUT2D eigenvalue weighted by molar-refractivity contribution is 5.86. The lowest BCUT2D eigenvalue weighted by Gasteiger charge is -2.28. The van der Waals surface area contributed by atoms with Crippen molar-refractivity contribution >= 4 is 18.2 Å². The number of carbonyl (C=O) groups excluding carboxylic acids is 2. The fourth-order valence-corrected chi connectivity index (χ4v) is 2.43. The summed E-state index contributed by atoms with van der Waals surface area (Å²) in [6, 6.07) is 0. The summed E-state index contributed by atoms with van der Waals surface area (Å²) in [5.74, 6) is -0.219. The summed E-state index contributed by atoms with van der Waals surface area (Å²) >= 11 is 0. The van der Waals surface area contributed by atoms with E-state index in [4.69, 9.17) is 14.6 Å². The van der Waals surface area contributed by atoms with Gasteiger partial charge < -0.3 is 25.2 Å². The summed E-state index contributed by atoms with van der Waals surface area (Å²) in [6.45, 7) is 13.5. The van der Waals surface area contributed by atoms with Crippen LogP contribution in [0.1, 0.15) is 47.5 Å². The smallest absolute Gasteiger partial charge is 0.407 e. The van der Waals surface area contributed by atoms with Crippen LogP contribution in [0.2, 0.25) is 0 Å². The topological polar surface area (TPSA) is 114 Å². The number of esters is 1. The number of nitrogens with one attached hydrogen (secondary N) is 2. The van der Waals surface area contributed by atoms with Gasteiger partial charge in [-0.3, -0.25) is 0 Å². The van der Waals surface area contributed by atoms with E-state index in [1.54, 1.807) is 13.8 Å². The van der Waals surface area contributed by atoms with Gasteiger partial charge in [-0.1, -0.05) is 27.4 Å². The van der Waals surface area contributed by atoms with E-state index in [9.17, 15) is 14.4 Å². The van der Waals surface area contributed by atoms with Crippen molar-refractivity contribution in [3.8, 4) is 0 Å². The zero-order valence-corrected chi connectivity index (χ0v) is 16.4. The molecule has 2 amide bonds. The van der Waals surface area contributed by atoms with Crippen molar-refractivity contribution in [2.45, 2.75) is 53.6 Å². The number of amides is 2. The minimum atomic E-state index is -1.02. The van der Waals surface area contributed by atoms with Gasteiger partial charge in [0.25, 0.3) is 0 Å². The van der Waals surface area contributed by atoms with Crippen LogP contribution in [0.15, 0.2) is 12.2 Å². The Bertz CT molecular complexity index is 504. The average Bonchev–Trinajstić information content (AvgIpc) is 2.49. The first-order valence-corrected chi connectivity index (χ1v) is 8.67. The van der Waals surface area contributed by atoms with Gasteiger partial charge in [-0.15, -0.1) is 0 Å². The molecule has 3 N–H and O–H groups in total. The predicted octanol–water partition coefficient (Wildman–Crippen LogP) is 2.93. The number of carboxylic acid groups (broad SMARTS) is 1. The van der Waals surface area contributed by atoms with Crippen LogP contribution in [0, 0.1) is 11.3 Å². The van der Waals surface area contributed by atoms with E-state index in [0.717, 1.165) is 12.8 Å². The van der Waals surface area contributed by atoms with Gasteiger partial charge in [0.05, 0.1) is 0 Å². The lowest BCUT2D eigenvalue weighted by molar-refractivity contribution is -0.141. The van der Waals surface area contributed by atoms with Gasteiger partial charge in [0.2, 0.25) is 0 Å². The molecule has 2 atom stereocenters. The lowest BCUT2D eigenvalue weighted by atomic mass is 9.82. The zero-order chi connectivity index (χ0) is 20.3. The summed E-state index contributed by atoms with van der Waals surface area (Å²) in [6.07, 6.45) is -0.616. The number of rotatable bonds is 11. The molecule has 8 nitrogen and oxygen atoms in total. The Balaban J connectivity index is 4.12. The maximum absolute atomic E-state index is 11.8. The molecular weight excluding hydrogens is 340 g/mol. The Morgan fingerprint density at radius 1 is 1.19 bits per heavy atom. The van der Waals surface area contributed by atoms with Crippen molar-refractivity contribution in [3.63, 3.8) is 0 Å². The molecule has 8 heteroatoms. The maximum atomic E-state index is 11.8. The molecule has 150 valence electrons. The summed E-state index contributed by atoms with van der Waals surface area (Å²) in [5, 5.41) is 13.6. The van der Waals surface area contributed by atoms with Crippen LogP contribution in [-0.2, 0) is 14.3 Å². The molecule has 0 bridgehead atoms. The molecule has 2 unspecified atom stereocenters. The molecule has 0 rings (SSSR count).